The topological polar surface area (TPSA) is 44.0 Å². The SMILES string of the molecule is C1CCc2[nH]nc(N3CCCNCC3)c2CC1. The Bertz CT molecular complexity index is 363. The van der Waals surface area contributed by atoms with Gasteiger partial charge in [0, 0.05) is 30.9 Å². The molecule has 1 aliphatic heterocycles. The number of H-pyrrole nitrogens is 1. The highest BCUT2D eigenvalue weighted by atomic mass is 15.3. The zero-order valence-electron chi connectivity index (χ0n) is 10.5. The van der Waals surface area contributed by atoms with E-state index in [2.05, 4.69) is 20.4 Å². The minimum Gasteiger partial charge on any atom is -0.354 e. The number of rotatable bonds is 1. The Morgan fingerprint density at radius 3 is 2.88 bits per heavy atom. The van der Waals surface area contributed by atoms with Crippen LogP contribution in [0.15, 0.2) is 0 Å². The second-order valence-electron chi connectivity index (χ2n) is 5.16. The second kappa shape index (κ2) is 5.08. The lowest BCUT2D eigenvalue weighted by molar-refractivity contribution is 0.698. The molecule has 0 atom stereocenters. The van der Waals surface area contributed by atoms with Crippen LogP contribution in [0.5, 0.6) is 0 Å². The van der Waals surface area contributed by atoms with Gasteiger partial charge in [-0.3, -0.25) is 5.10 Å². The van der Waals surface area contributed by atoms with Crippen LogP contribution in [0.3, 0.4) is 0 Å². The van der Waals surface area contributed by atoms with E-state index in [9.17, 15) is 0 Å². The molecule has 2 heterocycles. The summed E-state index contributed by atoms with van der Waals surface area (Å²) >= 11 is 0. The van der Waals surface area contributed by atoms with E-state index in [4.69, 9.17) is 0 Å². The number of aromatic nitrogens is 2. The van der Waals surface area contributed by atoms with Crippen LogP contribution in [0, 0.1) is 0 Å². The Hall–Kier alpha value is -1.03. The molecule has 4 nitrogen and oxygen atoms in total. The summed E-state index contributed by atoms with van der Waals surface area (Å²) in [6, 6.07) is 0. The first-order chi connectivity index (χ1) is 8.45. The van der Waals surface area contributed by atoms with E-state index in [-0.39, 0.29) is 0 Å². The maximum Gasteiger partial charge on any atom is 0.153 e. The number of hydrogen-bond acceptors (Lipinski definition) is 3. The average Bonchev–Trinajstić information content (AvgIpc) is 2.60. The molecule has 0 spiro atoms. The van der Waals surface area contributed by atoms with Crippen LogP contribution in [0.2, 0.25) is 0 Å². The summed E-state index contributed by atoms with van der Waals surface area (Å²) in [5.74, 6) is 1.24. The zero-order chi connectivity index (χ0) is 11.5. The van der Waals surface area contributed by atoms with Crippen molar-refractivity contribution in [1.82, 2.24) is 15.5 Å². The number of anilines is 1. The monoisotopic (exact) mass is 234 g/mol. The fraction of sp³-hybridized carbons (Fsp3) is 0.769. The third-order valence-corrected chi connectivity index (χ3v) is 3.92. The van der Waals surface area contributed by atoms with Gasteiger partial charge in [0.1, 0.15) is 0 Å². The first kappa shape index (κ1) is 11.1. The molecule has 3 rings (SSSR count). The number of nitrogens with one attached hydrogen (secondary N) is 2. The molecular weight excluding hydrogens is 212 g/mol. The Morgan fingerprint density at radius 1 is 0.941 bits per heavy atom. The maximum atomic E-state index is 4.58. The highest BCUT2D eigenvalue weighted by molar-refractivity contribution is 5.50. The molecular formula is C13H22N4. The third kappa shape index (κ3) is 2.32. The quantitative estimate of drug-likeness (QED) is 0.723. The van der Waals surface area contributed by atoms with Gasteiger partial charge in [-0.2, -0.15) is 5.10 Å². The molecule has 0 aromatic carbocycles. The Morgan fingerprint density at radius 2 is 1.88 bits per heavy atom. The van der Waals surface area contributed by atoms with Crippen molar-refractivity contribution in [3.8, 4) is 0 Å². The lowest BCUT2D eigenvalue weighted by Crippen LogP contribution is -2.28. The molecule has 2 N–H and O–H groups in total. The van der Waals surface area contributed by atoms with E-state index in [1.54, 1.807) is 0 Å². The van der Waals surface area contributed by atoms with Crippen molar-refractivity contribution in [3.63, 3.8) is 0 Å². The van der Waals surface area contributed by atoms with Crippen LogP contribution in [-0.4, -0.2) is 36.4 Å². The van der Waals surface area contributed by atoms with Crippen LogP contribution in [0.4, 0.5) is 5.82 Å². The van der Waals surface area contributed by atoms with Crippen LogP contribution in [0.1, 0.15) is 36.9 Å². The minimum atomic E-state index is 1.08. The van der Waals surface area contributed by atoms with E-state index in [0.29, 0.717) is 0 Å². The molecule has 1 fully saturated rings. The molecule has 0 unspecified atom stereocenters. The number of aromatic amines is 1. The molecule has 0 amide bonds. The molecule has 0 radical (unpaired) electrons. The molecule has 0 bridgehead atoms. The Kier molecular flexibility index (Phi) is 3.31. The van der Waals surface area contributed by atoms with E-state index >= 15 is 0 Å². The standard InChI is InChI=1S/C13H22N4/c1-2-5-11-12(6-3-1)15-16-13(11)17-9-4-7-14-8-10-17/h14H,1-10H2,(H,15,16). The number of nitrogens with zero attached hydrogens (tertiary/aromatic N) is 2. The second-order valence-corrected chi connectivity index (χ2v) is 5.16. The van der Waals surface area contributed by atoms with Crippen LogP contribution >= 0.6 is 0 Å². The lowest BCUT2D eigenvalue weighted by Gasteiger charge is -2.20. The van der Waals surface area contributed by atoms with Crippen LogP contribution in [-0.2, 0) is 12.8 Å². The van der Waals surface area contributed by atoms with Crippen LogP contribution in [0.25, 0.3) is 0 Å². The molecule has 1 saturated heterocycles. The fourth-order valence-corrected chi connectivity index (χ4v) is 2.96. The largest absolute Gasteiger partial charge is 0.354 e. The number of hydrogen-bond donors (Lipinski definition) is 2. The summed E-state index contributed by atoms with van der Waals surface area (Å²) in [5.41, 5.74) is 2.90. The molecule has 1 aliphatic carbocycles. The smallest absolute Gasteiger partial charge is 0.153 e. The van der Waals surface area contributed by atoms with Crippen molar-refractivity contribution in [3.05, 3.63) is 11.3 Å². The van der Waals surface area contributed by atoms with Gasteiger partial charge in [-0.1, -0.05) is 6.42 Å². The van der Waals surface area contributed by atoms with E-state index in [1.165, 1.54) is 55.6 Å². The molecule has 0 saturated carbocycles. The van der Waals surface area contributed by atoms with Gasteiger partial charge in [-0.15, -0.1) is 0 Å². The first-order valence-electron chi connectivity index (χ1n) is 6.97. The molecule has 94 valence electrons. The summed E-state index contributed by atoms with van der Waals surface area (Å²) in [6.45, 7) is 4.46. The zero-order valence-corrected chi connectivity index (χ0v) is 10.5. The van der Waals surface area contributed by atoms with Crippen molar-refractivity contribution in [1.29, 1.82) is 0 Å². The van der Waals surface area contributed by atoms with E-state index < -0.39 is 0 Å². The summed E-state index contributed by atoms with van der Waals surface area (Å²) in [4.78, 5) is 2.46. The molecule has 4 heteroatoms. The predicted molar refractivity (Wildman–Crippen MR) is 69.5 cm³/mol. The Labute approximate surface area is 103 Å². The van der Waals surface area contributed by atoms with Gasteiger partial charge in [-0.05, 0) is 38.6 Å². The van der Waals surface area contributed by atoms with Gasteiger partial charge >= 0.3 is 0 Å². The van der Waals surface area contributed by atoms with E-state index in [0.717, 1.165) is 26.2 Å². The normalized spacial score (nSPS) is 21.8. The molecule has 1 aromatic rings. The summed E-state index contributed by atoms with van der Waals surface area (Å²) in [7, 11) is 0. The van der Waals surface area contributed by atoms with Crippen molar-refractivity contribution in [2.45, 2.75) is 38.5 Å². The molecule has 1 aromatic heterocycles. The van der Waals surface area contributed by atoms with Crippen molar-refractivity contribution in [2.24, 2.45) is 0 Å². The molecule has 2 aliphatic rings. The average molecular weight is 234 g/mol. The first-order valence-corrected chi connectivity index (χ1v) is 6.97. The van der Waals surface area contributed by atoms with Gasteiger partial charge < -0.3 is 10.2 Å². The lowest BCUT2D eigenvalue weighted by atomic mass is 10.1. The van der Waals surface area contributed by atoms with Gasteiger partial charge in [0.15, 0.2) is 5.82 Å². The maximum absolute atomic E-state index is 4.58. The summed E-state index contributed by atoms with van der Waals surface area (Å²) in [6.07, 6.45) is 7.63. The summed E-state index contributed by atoms with van der Waals surface area (Å²) in [5, 5.41) is 11.3. The fourth-order valence-electron chi connectivity index (χ4n) is 2.96. The predicted octanol–water partition coefficient (Wildman–Crippen LogP) is 1.48. The minimum absolute atomic E-state index is 1.08. The van der Waals surface area contributed by atoms with Crippen molar-refractivity contribution in [2.75, 3.05) is 31.1 Å². The van der Waals surface area contributed by atoms with Gasteiger partial charge in [0.05, 0.1) is 0 Å². The summed E-state index contributed by atoms with van der Waals surface area (Å²) < 4.78 is 0. The number of fused-ring (bicyclic) bond motifs is 1. The number of aryl methyl sites for hydroxylation is 1. The molecule has 17 heavy (non-hydrogen) atoms. The van der Waals surface area contributed by atoms with Gasteiger partial charge in [0.2, 0.25) is 0 Å². The van der Waals surface area contributed by atoms with Gasteiger partial charge in [0.25, 0.3) is 0 Å². The highest BCUT2D eigenvalue weighted by Gasteiger charge is 2.20. The van der Waals surface area contributed by atoms with Gasteiger partial charge in [-0.25, -0.2) is 0 Å². The van der Waals surface area contributed by atoms with Crippen molar-refractivity contribution >= 4 is 5.82 Å². The van der Waals surface area contributed by atoms with Crippen molar-refractivity contribution < 1.29 is 0 Å². The Balaban J connectivity index is 1.84. The van der Waals surface area contributed by atoms with Crippen LogP contribution < -0.4 is 10.2 Å². The highest BCUT2D eigenvalue weighted by Crippen LogP contribution is 2.27. The van der Waals surface area contributed by atoms with E-state index in [1.807, 2.05) is 0 Å². The third-order valence-electron chi connectivity index (χ3n) is 3.92.